The zero-order chi connectivity index (χ0) is 14.8. The van der Waals surface area contributed by atoms with E-state index < -0.39 is 0 Å². The van der Waals surface area contributed by atoms with Crippen molar-refractivity contribution in [2.75, 3.05) is 13.3 Å². The molecule has 1 aromatic carbocycles. The summed E-state index contributed by atoms with van der Waals surface area (Å²) in [7, 11) is 0. The third-order valence-corrected chi connectivity index (χ3v) is 4.55. The number of ether oxygens (including phenoxy) is 2. The lowest BCUT2D eigenvalue weighted by Gasteiger charge is -2.21. The van der Waals surface area contributed by atoms with E-state index in [0.717, 1.165) is 36.3 Å². The first-order valence-corrected chi connectivity index (χ1v) is 7.59. The molecule has 0 saturated heterocycles. The highest BCUT2D eigenvalue weighted by Gasteiger charge is 2.32. The van der Waals surface area contributed by atoms with E-state index in [2.05, 4.69) is 5.32 Å². The lowest BCUT2D eigenvalue weighted by Crippen LogP contribution is -2.36. The van der Waals surface area contributed by atoms with Crippen molar-refractivity contribution in [2.24, 2.45) is 17.6 Å². The third kappa shape index (κ3) is 3.31. The summed E-state index contributed by atoms with van der Waals surface area (Å²) in [5.41, 5.74) is 6.78. The minimum atomic E-state index is -0.0500. The van der Waals surface area contributed by atoms with Crippen LogP contribution in [0.2, 0.25) is 0 Å². The topological polar surface area (TPSA) is 73.6 Å². The number of carbonyl (C=O) groups is 1. The van der Waals surface area contributed by atoms with E-state index in [1.165, 1.54) is 0 Å². The highest BCUT2D eigenvalue weighted by atomic mass is 35.5. The number of hydrogen-bond acceptors (Lipinski definition) is 4. The molecule has 0 radical (unpaired) electrons. The fourth-order valence-electron chi connectivity index (χ4n) is 3.25. The van der Waals surface area contributed by atoms with E-state index in [0.29, 0.717) is 12.5 Å². The molecule has 1 fully saturated rings. The van der Waals surface area contributed by atoms with Gasteiger partial charge >= 0.3 is 0 Å². The Bertz CT molecular complexity index is 538. The molecule has 1 unspecified atom stereocenters. The first-order valence-electron chi connectivity index (χ1n) is 7.59. The highest BCUT2D eigenvalue weighted by molar-refractivity contribution is 5.85. The fourth-order valence-corrected chi connectivity index (χ4v) is 3.25. The van der Waals surface area contributed by atoms with Crippen LogP contribution in [-0.2, 0) is 4.79 Å². The monoisotopic (exact) mass is 326 g/mol. The second-order valence-electron chi connectivity index (χ2n) is 5.88. The van der Waals surface area contributed by atoms with Crippen molar-refractivity contribution < 1.29 is 14.3 Å². The van der Waals surface area contributed by atoms with E-state index in [1.807, 2.05) is 25.1 Å². The van der Waals surface area contributed by atoms with Crippen LogP contribution in [0.5, 0.6) is 11.5 Å². The van der Waals surface area contributed by atoms with Gasteiger partial charge in [0.1, 0.15) is 0 Å². The Morgan fingerprint density at radius 1 is 1.36 bits per heavy atom. The number of halogens is 1. The predicted octanol–water partition coefficient (Wildman–Crippen LogP) is 2.39. The van der Waals surface area contributed by atoms with Gasteiger partial charge < -0.3 is 20.5 Å². The van der Waals surface area contributed by atoms with Crippen molar-refractivity contribution in [1.82, 2.24) is 5.32 Å². The summed E-state index contributed by atoms with van der Waals surface area (Å²) in [5.74, 6) is 2.01. The van der Waals surface area contributed by atoms with Gasteiger partial charge in [0.15, 0.2) is 11.5 Å². The minimum absolute atomic E-state index is 0. The zero-order valence-corrected chi connectivity index (χ0v) is 13.5. The molecular weight excluding hydrogens is 304 g/mol. The first kappa shape index (κ1) is 16.9. The average Bonchev–Trinajstić information content (AvgIpc) is 3.14. The molecule has 22 heavy (non-hydrogen) atoms. The zero-order valence-electron chi connectivity index (χ0n) is 12.7. The molecule has 122 valence electrons. The predicted molar refractivity (Wildman–Crippen MR) is 86.3 cm³/mol. The van der Waals surface area contributed by atoms with Crippen molar-refractivity contribution >= 4 is 18.3 Å². The number of amides is 1. The highest BCUT2D eigenvalue weighted by Crippen LogP contribution is 2.35. The first-order chi connectivity index (χ1) is 10.2. The summed E-state index contributed by atoms with van der Waals surface area (Å²) in [6.07, 6.45) is 3.10. The molecule has 1 amide bonds. The Balaban J connectivity index is 0.00000176. The summed E-state index contributed by atoms with van der Waals surface area (Å²) >= 11 is 0. The van der Waals surface area contributed by atoms with Crippen molar-refractivity contribution in [2.45, 2.75) is 32.2 Å². The smallest absolute Gasteiger partial charge is 0.231 e. The standard InChI is InChI=1S/C16H22N2O3.ClH/c1-10(11-5-6-14-15(7-11)21-9-20-14)18-16(19)13-4-2-3-12(13)8-17;/h5-7,10,12-13H,2-4,8-9,17H2,1H3,(H,18,19);1H/t10?,12-,13-;/m1./s1. The van der Waals surface area contributed by atoms with Gasteiger partial charge in [-0.1, -0.05) is 12.5 Å². The number of fused-ring (bicyclic) bond motifs is 1. The molecule has 2 aliphatic rings. The lowest BCUT2D eigenvalue weighted by molar-refractivity contribution is -0.126. The van der Waals surface area contributed by atoms with Crippen molar-refractivity contribution in [3.63, 3.8) is 0 Å². The third-order valence-electron chi connectivity index (χ3n) is 4.55. The van der Waals surface area contributed by atoms with Crippen LogP contribution < -0.4 is 20.5 Å². The molecule has 0 bridgehead atoms. The van der Waals surface area contributed by atoms with E-state index in [4.69, 9.17) is 15.2 Å². The Morgan fingerprint density at radius 2 is 2.14 bits per heavy atom. The Morgan fingerprint density at radius 3 is 2.91 bits per heavy atom. The molecule has 1 aliphatic carbocycles. The van der Waals surface area contributed by atoms with Gasteiger partial charge in [0.2, 0.25) is 12.7 Å². The maximum Gasteiger partial charge on any atom is 0.231 e. The maximum absolute atomic E-state index is 12.4. The molecule has 0 aromatic heterocycles. The molecule has 1 aromatic rings. The average molecular weight is 327 g/mol. The number of rotatable bonds is 4. The number of nitrogens with two attached hydrogens (primary N) is 1. The van der Waals surface area contributed by atoms with Crippen LogP contribution >= 0.6 is 12.4 Å². The summed E-state index contributed by atoms with van der Waals surface area (Å²) < 4.78 is 10.7. The van der Waals surface area contributed by atoms with Gasteiger partial charge in [0.25, 0.3) is 0 Å². The molecule has 6 heteroatoms. The van der Waals surface area contributed by atoms with Crippen LogP contribution in [0.25, 0.3) is 0 Å². The Hall–Kier alpha value is -1.46. The van der Waals surface area contributed by atoms with Gasteiger partial charge in [-0.25, -0.2) is 0 Å². The summed E-state index contributed by atoms with van der Waals surface area (Å²) in [6, 6.07) is 5.74. The SMILES string of the molecule is CC(NC(=O)[C@@H]1CCC[C@@H]1CN)c1ccc2c(c1)OCO2.Cl. The molecule has 0 spiro atoms. The van der Waals surface area contributed by atoms with Gasteiger partial charge in [0.05, 0.1) is 6.04 Å². The van der Waals surface area contributed by atoms with Gasteiger partial charge in [0, 0.05) is 5.92 Å². The van der Waals surface area contributed by atoms with Crippen LogP contribution in [0, 0.1) is 11.8 Å². The summed E-state index contributed by atoms with van der Waals surface area (Å²) in [6.45, 7) is 2.85. The maximum atomic E-state index is 12.4. The van der Waals surface area contributed by atoms with Gasteiger partial charge in [-0.15, -0.1) is 12.4 Å². The van der Waals surface area contributed by atoms with E-state index in [-0.39, 0.29) is 37.1 Å². The van der Waals surface area contributed by atoms with Crippen LogP contribution in [0.1, 0.15) is 37.8 Å². The minimum Gasteiger partial charge on any atom is -0.454 e. The normalized spacial score (nSPS) is 23.7. The molecule has 3 atom stereocenters. The molecular formula is C16H23ClN2O3. The molecule has 1 heterocycles. The van der Waals surface area contributed by atoms with Gasteiger partial charge in [-0.05, 0) is 49.9 Å². The Labute approximate surface area is 137 Å². The quantitative estimate of drug-likeness (QED) is 0.891. The second-order valence-corrected chi connectivity index (χ2v) is 5.88. The van der Waals surface area contributed by atoms with E-state index >= 15 is 0 Å². The Kier molecular flexibility index (Phi) is 5.53. The largest absolute Gasteiger partial charge is 0.454 e. The summed E-state index contributed by atoms with van der Waals surface area (Å²) in [4.78, 5) is 12.4. The van der Waals surface area contributed by atoms with Gasteiger partial charge in [-0.3, -0.25) is 4.79 Å². The second kappa shape index (κ2) is 7.20. The number of hydrogen-bond donors (Lipinski definition) is 2. The number of carbonyl (C=O) groups excluding carboxylic acids is 1. The van der Waals surface area contributed by atoms with Crippen molar-refractivity contribution in [3.05, 3.63) is 23.8 Å². The fraction of sp³-hybridized carbons (Fsp3) is 0.562. The van der Waals surface area contributed by atoms with E-state index in [9.17, 15) is 4.79 Å². The lowest BCUT2D eigenvalue weighted by atomic mass is 9.94. The molecule has 3 N–H and O–H groups in total. The summed E-state index contributed by atoms with van der Waals surface area (Å²) in [5, 5.41) is 3.10. The molecule has 3 rings (SSSR count). The molecule has 1 saturated carbocycles. The van der Waals surface area contributed by atoms with Crippen LogP contribution in [0.15, 0.2) is 18.2 Å². The van der Waals surface area contributed by atoms with Crippen LogP contribution in [0.3, 0.4) is 0 Å². The molecule has 5 nitrogen and oxygen atoms in total. The van der Waals surface area contributed by atoms with Crippen LogP contribution in [0.4, 0.5) is 0 Å². The number of benzene rings is 1. The van der Waals surface area contributed by atoms with Gasteiger partial charge in [-0.2, -0.15) is 0 Å². The molecule has 1 aliphatic heterocycles. The number of nitrogens with one attached hydrogen (secondary N) is 1. The van der Waals surface area contributed by atoms with E-state index in [1.54, 1.807) is 0 Å². The van der Waals surface area contributed by atoms with Crippen LogP contribution in [-0.4, -0.2) is 19.2 Å². The van der Waals surface area contributed by atoms with Crippen molar-refractivity contribution in [1.29, 1.82) is 0 Å². The van der Waals surface area contributed by atoms with Crippen molar-refractivity contribution in [3.8, 4) is 11.5 Å².